The zero-order chi connectivity index (χ0) is 12.7. The fourth-order valence-electron chi connectivity index (χ4n) is 1.58. The van der Waals surface area contributed by atoms with Gasteiger partial charge in [0.05, 0.1) is 12.2 Å². The Bertz CT molecular complexity index is 308. The van der Waals surface area contributed by atoms with Gasteiger partial charge in [0.15, 0.2) is 0 Å². The van der Waals surface area contributed by atoms with Crippen LogP contribution >= 0.6 is 0 Å². The number of hydrogen-bond donors (Lipinski definition) is 1. The van der Waals surface area contributed by atoms with Gasteiger partial charge in [-0.25, -0.2) is 0 Å². The van der Waals surface area contributed by atoms with Gasteiger partial charge in [-0.1, -0.05) is 19.1 Å². The third kappa shape index (κ3) is 4.75. The van der Waals surface area contributed by atoms with E-state index in [2.05, 4.69) is 0 Å². The molecule has 0 bridgehead atoms. The number of methoxy groups -OCH3 is 1. The normalized spacial score (nSPS) is 14.4. The highest BCUT2D eigenvalue weighted by molar-refractivity contribution is 5.28. The van der Waals surface area contributed by atoms with E-state index in [-0.39, 0.29) is 12.2 Å². The molecule has 0 heterocycles. The SMILES string of the molecule is CCC(O)c1ccc(OC(C)CCOC)cc1. The summed E-state index contributed by atoms with van der Waals surface area (Å²) in [6, 6.07) is 7.62. The summed E-state index contributed by atoms with van der Waals surface area (Å²) in [6.07, 6.45) is 1.35. The van der Waals surface area contributed by atoms with Crippen molar-refractivity contribution in [2.75, 3.05) is 13.7 Å². The zero-order valence-corrected chi connectivity index (χ0v) is 10.8. The molecule has 0 spiro atoms. The molecule has 1 rings (SSSR count). The number of aliphatic hydroxyl groups is 1. The van der Waals surface area contributed by atoms with Crippen LogP contribution in [-0.4, -0.2) is 24.9 Å². The predicted molar refractivity (Wildman–Crippen MR) is 68.3 cm³/mol. The summed E-state index contributed by atoms with van der Waals surface area (Å²) in [5, 5.41) is 9.66. The molecule has 0 aromatic heterocycles. The lowest BCUT2D eigenvalue weighted by molar-refractivity contribution is 0.135. The van der Waals surface area contributed by atoms with Gasteiger partial charge in [0.1, 0.15) is 5.75 Å². The molecule has 2 atom stereocenters. The lowest BCUT2D eigenvalue weighted by atomic mass is 10.1. The molecule has 96 valence electrons. The van der Waals surface area contributed by atoms with Crippen molar-refractivity contribution in [2.45, 2.75) is 38.9 Å². The van der Waals surface area contributed by atoms with Crippen molar-refractivity contribution in [1.82, 2.24) is 0 Å². The van der Waals surface area contributed by atoms with Gasteiger partial charge in [0.2, 0.25) is 0 Å². The summed E-state index contributed by atoms with van der Waals surface area (Å²) in [4.78, 5) is 0. The van der Waals surface area contributed by atoms with Crippen LogP contribution in [0.2, 0.25) is 0 Å². The summed E-state index contributed by atoms with van der Waals surface area (Å²) in [5.74, 6) is 0.834. The fraction of sp³-hybridized carbons (Fsp3) is 0.571. The first kappa shape index (κ1) is 14.0. The molecule has 0 radical (unpaired) electrons. The summed E-state index contributed by atoms with van der Waals surface area (Å²) in [5.41, 5.74) is 0.935. The second-order valence-corrected chi connectivity index (χ2v) is 4.20. The van der Waals surface area contributed by atoms with Crippen LogP contribution in [0.15, 0.2) is 24.3 Å². The second kappa shape index (κ2) is 7.30. The van der Waals surface area contributed by atoms with Gasteiger partial charge in [-0.15, -0.1) is 0 Å². The van der Waals surface area contributed by atoms with Crippen molar-refractivity contribution in [3.05, 3.63) is 29.8 Å². The van der Waals surface area contributed by atoms with E-state index in [1.807, 2.05) is 38.1 Å². The quantitative estimate of drug-likeness (QED) is 0.793. The van der Waals surface area contributed by atoms with Crippen molar-refractivity contribution in [1.29, 1.82) is 0 Å². The average Bonchev–Trinajstić information content (AvgIpc) is 2.36. The van der Waals surface area contributed by atoms with Crippen molar-refractivity contribution in [3.8, 4) is 5.75 Å². The fourth-order valence-corrected chi connectivity index (χ4v) is 1.58. The van der Waals surface area contributed by atoms with E-state index in [4.69, 9.17) is 9.47 Å². The first-order valence-electron chi connectivity index (χ1n) is 6.11. The first-order valence-corrected chi connectivity index (χ1v) is 6.11. The van der Waals surface area contributed by atoms with Crippen LogP contribution in [0.3, 0.4) is 0 Å². The van der Waals surface area contributed by atoms with Crippen molar-refractivity contribution in [2.24, 2.45) is 0 Å². The van der Waals surface area contributed by atoms with Gasteiger partial charge in [0, 0.05) is 20.1 Å². The maximum Gasteiger partial charge on any atom is 0.119 e. The largest absolute Gasteiger partial charge is 0.491 e. The van der Waals surface area contributed by atoms with Gasteiger partial charge in [-0.05, 0) is 31.0 Å². The second-order valence-electron chi connectivity index (χ2n) is 4.20. The Hall–Kier alpha value is -1.06. The number of ether oxygens (including phenoxy) is 2. The van der Waals surface area contributed by atoms with Gasteiger partial charge in [-0.2, -0.15) is 0 Å². The van der Waals surface area contributed by atoms with E-state index < -0.39 is 0 Å². The zero-order valence-electron chi connectivity index (χ0n) is 10.8. The van der Waals surface area contributed by atoms with E-state index in [9.17, 15) is 5.11 Å². The standard InChI is InChI=1S/C14H22O3/c1-4-14(15)12-5-7-13(8-6-12)17-11(2)9-10-16-3/h5-8,11,14-15H,4,9-10H2,1-3H3. The van der Waals surface area contributed by atoms with Crippen LogP contribution in [0, 0.1) is 0 Å². The smallest absolute Gasteiger partial charge is 0.119 e. The van der Waals surface area contributed by atoms with Crippen molar-refractivity contribution < 1.29 is 14.6 Å². The van der Waals surface area contributed by atoms with Crippen molar-refractivity contribution >= 4 is 0 Å². The first-order chi connectivity index (χ1) is 8.17. The molecule has 17 heavy (non-hydrogen) atoms. The number of hydrogen-bond acceptors (Lipinski definition) is 3. The van der Waals surface area contributed by atoms with Crippen LogP contribution in [-0.2, 0) is 4.74 Å². The van der Waals surface area contributed by atoms with Gasteiger partial charge in [-0.3, -0.25) is 0 Å². The van der Waals surface area contributed by atoms with Gasteiger partial charge in [0.25, 0.3) is 0 Å². The lowest BCUT2D eigenvalue weighted by Gasteiger charge is -2.15. The summed E-state index contributed by atoms with van der Waals surface area (Å²) in [7, 11) is 1.69. The molecule has 3 nitrogen and oxygen atoms in total. The molecule has 0 aliphatic rings. The van der Waals surface area contributed by atoms with Gasteiger partial charge >= 0.3 is 0 Å². The predicted octanol–water partition coefficient (Wildman–Crippen LogP) is 2.93. The molecular formula is C14H22O3. The van der Waals surface area contributed by atoms with Crippen LogP contribution in [0.25, 0.3) is 0 Å². The Kier molecular flexibility index (Phi) is 6.01. The molecule has 0 amide bonds. The minimum absolute atomic E-state index is 0.136. The molecule has 2 unspecified atom stereocenters. The molecule has 0 aliphatic heterocycles. The van der Waals surface area contributed by atoms with Crippen LogP contribution in [0.1, 0.15) is 38.4 Å². The Morgan fingerprint density at radius 1 is 1.24 bits per heavy atom. The Labute approximate surface area is 103 Å². The Balaban J connectivity index is 2.50. The number of rotatable bonds is 7. The maximum atomic E-state index is 9.66. The highest BCUT2D eigenvalue weighted by atomic mass is 16.5. The minimum Gasteiger partial charge on any atom is -0.491 e. The lowest BCUT2D eigenvalue weighted by Crippen LogP contribution is -2.14. The number of benzene rings is 1. The molecule has 3 heteroatoms. The molecule has 0 fully saturated rings. The van der Waals surface area contributed by atoms with Crippen LogP contribution in [0.4, 0.5) is 0 Å². The van der Waals surface area contributed by atoms with Crippen LogP contribution in [0.5, 0.6) is 5.75 Å². The molecular weight excluding hydrogens is 216 g/mol. The summed E-state index contributed by atoms with van der Waals surface area (Å²) >= 11 is 0. The van der Waals surface area contributed by atoms with Gasteiger partial charge < -0.3 is 14.6 Å². The average molecular weight is 238 g/mol. The monoisotopic (exact) mass is 238 g/mol. The van der Waals surface area contributed by atoms with E-state index in [0.29, 0.717) is 6.61 Å². The highest BCUT2D eigenvalue weighted by Gasteiger charge is 2.06. The highest BCUT2D eigenvalue weighted by Crippen LogP contribution is 2.20. The van der Waals surface area contributed by atoms with E-state index in [1.54, 1.807) is 7.11 Å². The topological polar surface area (TPSA) is 38.7 Å². The molecule has 0 saturated carbocycles. The number of aliphatic hydroxyl groups excluding tert-OH is 1. The molecule has 0 aliphatic carbocycles. The molecule has 1 aromatic carbocycles. The third-order valence-electron chi connectivity index (χ3n) is 2.72. The minimum atomic E-state index is -0.380. The molecule has 0 saturated heterocycles. The summed E-state index contributed by atoms with van der Waals surface area (Å²) < 4.78 is 10.7. The third-order valence-corrected chi connectivity index (χ3v) is 2.72. The van der Waals surface area contributed by atoms with E-state index in [0.717, 1.165) is 24.2 Å². The van der Waals surface area contributed by atoms with Crippen LogP contribution < -0.4 is 4.74 Å². The van der Waals surface area contributed by atoms with E-state index >= 15 is 0 Å². The maximum absolute atomic E-state index is 9.66. The van der Waals surface area contributed by atoms with E-state index in [1.165, 1.54) is 0 Å². The summed E-state index contributed by atoms with van der Waals surface area (Å²) in [6.45, 7) is 4.68. The Morgan fingerprint density at radius 2 is 1.88 bits per heavy atom. The Morgan fingerprint density at radius 3 is 2.41 bits per heavy atom. The van der Waals surface area contributed by atoms with Crippen molar-refractivity contribution in [3.63, 3.8) is 0 Å². The molecule has 1 aromatic rings. The molecule has 1 N–H and O–H groups in total.